The Kier molecular flexibility index (Phi) is 5.61. The smallest absolute Gasteiger partial charge is 0.303 e. The second-order valence-corrected chi connectivity index (χ2v) is 4.35. The maximum atomic E-state index is 10.4. The topological polar surface area (TPSA) is 89.8 Å². The van der Waals surface area contributed by atoms with Crippen LogP contribution in [0.15, 0.2) is 24.3 Å². The lowest BCUT2D eigenvalue weighted by atomic mass is 10.1. The summed E-state index contributed by atoms with van der Waals surface area (Å²) in [6.45, 7) is 2.23. The Bertz CT molecular complexity index is 377. The highest BCUT2D eigenvalue weighted by Crippen LogP contribution is 2.16. The van der Waals surface area contributed by atoms with Crippen LogP contribution in [0.2, 0.25) is 0 Å². The van der Waals surface area contributed by atoms with E-state index < -0.39 is 12.1 Å². The van der Waals surface area contributed by atoms with E-state index in [1.165, 1.54) is 12.1 Å². The molecule has 0 aliphatic rings. The summed E-state index contributed by atoms with van der Waals surface area (Å²) in [7, 11) is 0. The van der Waals surface area contributed by atoms with Gasteiger partial charge < -0.3 is 20.6 Å². The molecule has 5 heteroatoms. The highest BCUT2D eigenvalue weighted by molar-refractivity contribution is 5.66. The van der Waals surface area contributed by atoms with Crippen LogP contribution in [-0.4, -0.2) is 33.9 Å². The number of carboxylic acids is 1. The minimum Gasteiger partial charge on any atom is -0.508 e. The van der Waals surface area contributed by atoms with Gasteiger partial charge in [0.25, 0.3) is 0 Å². The van der Waals surface area contributed by atoms with Crippen molar-refractivity contribution in [2.24, 2.45) is 0 Å². The summed E-state index contributed by atoms with van der Waals surface area (Å²) in [4.78, 5) is 10.4. The zero-order valence-electron chi connectivity index (χ0n) is 10.3. The van der Waals surface area contributed by atoms with Crippen molar-refractivity contribution in [3.63, 3.8) is 0 Å². The number of hydrogen-bond acceptors (Lipinski definition) is 4. The Morgan fingerprint density at radius 2 is 1.94 bits per heavy atom. The molecule has 0 aliphatic heterocycles. The largest absolute Gasteiger partial charge is 0.508 e. The molecular weight excluding hydrogens is 234 g/mol. The van der Waals surface area contributed by atoms with Crippen LogP contribution in [0.25, 0.3) is 0 Å². The Labute approximate surface area is 106 Å². The molecular formula is C13H19NO4. The summed E-state index contributed by atoms with van der Waals surface area (Å²) >= 11 is 0. The van der Waals surface area contributed by atoms with Crippen LogP contribution in [0.5, 0.6) is 5.75 Å². The quantitative estimate of drug-likeness (QED) is 0.587. The number of aliphatic hydroxyl groups is 1. The van der Waals surface area contributed by atoms with Crippen molar-refractivity contribution in [1.82, 2.24) is 5.32 Å². The number of aliphatic hydroxyl groups excluding tert-OH is 1. The van der Waals surface area contributed by atoms with Gasteiger partial charge in [-0.05, 0) is 31.0 Å². The first-order valence-corrected chi connectivity index (χ1v) is 5.91. The zero-order chi connectivity index (χ0) is 13.5. The van der Waals surface area contributed by atoms with Gasteiger partial charge >= 0.3 is 5.97 Å². The summed E-state index contributed by atoms with van der Waals surface area (Å²) < 4.78 is 0. The number of rotatable bonds is 7. The monoisotopic (exact) mass is 253 g/mol. The van der Waals surface area contributed by atoms with Crippen LogP contribution in [-0.2, 0) is 4.79 Å². The van der Waals surface area contributed by atoms with E-state index in [-0.39, 0.29) is 18.2 Å². The molecule has 100 valence electrons. The predicted octanol–water partition coefficient (Wildman–Crippen LogP) is 1.27. The maximum absolute atomic E-state index is 10.4. The molecule has 0 aromatic heterocycles. The molecule has 2 unspecified atom stereocenters. The fourth-order valence-electron chi connectivity index (χ4n) is 1.57. The number of carbonyl (C=O) groups is 1. The molecule has 4 N–H and O–H groups in total. The molecule has 0 heterocycles. The van der Waals surface area contributed by atoms with Crippen molar-refractivity contribution < 1.29 is 20.1 Å². The molecule has 0 radical (unpaired) electrons. The summed E-state index contributed by atoms with van der Waals surface area (Å²) in [5, 5.41) is 30.6. The molecule has 0 saturated heterocycles. The molecule has 1 rings (SSSR count). The molecule has 0 amide bonds. The van der Waals surface area contributed by atoms with Crippen LogP contribution >= 0.6 is 0 Å². The molecule has 18 heavy (non-hydrogen) atoms. The first-order valence-electron chi connectivity index (χ1n) is 5.91. The Balaban J connectivity index is 2.34. The molecule has 0 fully saturated rings. The summed E-state index contributed by atoms with van der Waals surface area (Å²) in [5.74, 6) is -0.656. The van der Waals surface area contributed by atoms with Gasteiger partial charge in [-0.2, -0.15) is 0 Å². The number of phenolic OH excluding ortho intramolecular Hbond substituents is 1. The molecule has 1 aromatic rings. The standard InChI is InChI=1S/C13H19NO4/c1-9(2-7-13(17)18)14-8-12(16)10-3-5-11(15)6-4-10/h3-6,9,12,14-16H,2,7-8H2,1H3,(H,17,18). The molecule has 0 bridgehead atoms. The minimum atomic E-state index is -0.817. The second-order valence-electron chi connectivity index (χ2n) is 4.35. The van der Waals surface area contributed by atoms with Gasteiger partial charge in [0.1, 0.15) is 5.75 Å². The predicted molar refractivity (Wildman–Crippen MR) is 67.4 cm³/mol. The van der Waals surface area contributed by atoms with E-state index in [1.54, 1.807) is 12.1 Å². The Morgan fingerprint density at radius 1 is 1.33 bits per heavy atom. The van der Waals surface area contributed by atoms with Crippen molar-refractivity contribution in [3.8, 4) is 5.75 Å². The highest BCUT2D eigenvalue weighted by Gasteiger charge is 2.10. The van der Waals surface area contributed by atoms with E-state index in [0.29, 0.717) is 18.5 Å². The van der Waals surface area contributed by atoms with Gasteiger partial charge in [-0.1, -0.05) is 12.1 Å². The van der Waals surface area contributed by atoms with Crippen molar-refractivity contribution >= 4 is 5.97 Å². The lowest BCUT2D eigenvalue weighted by molar-refractivity contribution is -0.137. The molecule has 0 saturated carbocycles. The number of nitrogens with one attached hydrogen (secondary N) is 1. The SMILES string of the molecule is CC(CCC(=O)O)NCC(O)c1ccc(O)cc1. The summed E-state index contributed by atoms with van der Waals surface area (Å²) in [5.41, 5.74) is 0.714. The van der Waals surface area contributed by atoms with E-state index in [4.69, 9.17) is 10.2 Å². The van der Waals surface area contributed by atoms with E-state index in [0.717, 1.165) is 0 Å². The van der Waals surface area contributed by atoms with Crippen LogP contribution in [0.4, 0.5) is 0 Å². The van der Waals surface area contributed by atoms with Gasteiger partial charge in [0, 0.05) is 19.0 Å². The zero-order valence-corrected chi connectivity index (χ0v) is 10.3. The Morgan fingerprint density at radius 3 is 2.50 bits per heavy atom. The number of aromatic hydroxyl groups is 1. The minimum absolute atomic E-state index is 0.0351. The van der Waals surface area contributed by atoms with E-state index >= 15 is 0 Å². The average molecular weight is 253 g/mol. The van der Waals surface area contributed by atoms with Gasteiger partial charge in [-0.25, -0.2) is 0 Å². The van der Waals surface area contributed by atoms with Gasteiger partial charge in [-0.3, -0.25) is 4.79 Å². The van der Waals surface area contributed by atoms with Crippen LogP contribution in [0.3, 0.4) is 0 Å². The third kappa shape index (κ3) is 5.16. The molecule has 0 aliphatic carbocycles. The van der Waals surface area contributed by atoms with Crippen LogP contribution < -0.4 is 5.32 Å². The lowest BCUT2D eigenvalue weighted by Crippen LogP contribution is -2.30. The number of hydrogen-bond donors (Lipinski definition) is 4. The van der Waals surface area contributed by atoms with Crippen molar-refractivity contribution in [1.29, 1.82) is 0 Å². The summed E-state index contributed by atoms with van der Waals surface area (Å²) in [6, 6.07) is 6.39. The van der Waals surface area contributed by atoms with Crippen molar-refractivity contribution in [2.45, 2.75) is 31.9 Å². The molecule has 5 nitrogen and oxygen atoms in total. The summed E-state index contributed by atoms with van der Waals surface area (Å²) in [6.07, 6.45) is -0.0286. The first kappa shape index (κ1) is 14.5. The fraction of sp³-hybridized carbons (Fsp3) is 0.462. The van der Waals surface area contributed by atoms with Gasteiger partial charge in [-0.15, -0.1) is 0 Å². The number of benzene rings is 1. The average Bonchev–Trinajstić information content (AvgIpc) is 2.34. The fourth-order valence-corrected chi connectivity index (χ4v) is 1.57. The molecule has 1 aromatic carbocycles. The third-order valence-corrected chi connectivity index (χ3v) is 2.73. The van der Waals surface area contributed by atoms with Gasteiger partial charge in [0.2, 0.25) is 0 Å². The lowest BCUT2D eigenvalue weighted by Gasteiger charge is -2.16. The van der Waals surface area contributed by atoms with E-state index in [2.05, 4.69) is 5.32 Å². The van der Waals surface area contributed by atoms with E-state index in [1.807, 2.05) is 6.92 Å². The van der Waals surface area contributed by atoms with Gasteiger partial charge in [0.15, 0.2) is 0 Å². The molecule has 0 spiro atoms. The maximum Gasteiger partial charge on any atom is 0.303 e. The third-order valence-electron chi connectivity index (χ3n) is 2.73. The number of carboxylic acid groups (broad SMARTS) is 1. The van der Waals surface area contributed by atoms with E-state index in [9.17, 15) is 9.90 Å². The highest BCUT2D eigenvalue weighted by atomic mass is 16.4. The number of aliphatic carboxylic acids is 1. The first-order chi connectivity index (χ1) is 8.49. The van der Waals surface area contributed by atoms with Crippen molar-refractivity contribution in [2.75, 3.05) is 6.54 Å². The van der Waals surface area contributed by atoms with Crippen molar-refractivity contribution in [3.05, 3.63) is 29.8 Å². The van der Waals surface area contributed by atoms with Gasteiger partial charge in [0.05, 0.1) is 6.10 Å². The Hall–Kier alpha value is -1.59. The van der Waals surface area contributed by atoms with Crippen LogP contribution in [0.1, 0.15) is 31.4 Å². The number of phenols is 1. The van der Waals surface area contributed by atoms with Crippen LogP contribution in [0, 0.1) is 0 Å². The normalized spacial score (nSPS) is 14.1. The molecule has 2 atom stereocenters. The second kappa shape index (κ2) is 6.98.